The minimum atomic E-state index is -0.714. The lowest BCUT2D eigenvalue weighted by Crippen LogP contribution is -2.58. The molecule has 1 fully saturated rings. The molecular weight excluding hydrogens is 493 g/mol. The van der Waals surface area contributed by atoms with Crippen LogP contribution in [0.1, 0.15) is 36.8 Å². The van der Waals surface area contributed by atoms with E-state index in [0.717, 1.165) is 12.3 Å². The minimum Gasteiger partial charge on any atom is -0.364 e. The molecule has 7 nitrogen and oxygen atoms in total. The van der Waals surface area contributed by atoms with E-state index in [1.165, 1.54) is 34.9 Å². The molecule has 1 aliphatic rings. The fourth-order valence-electron chi connectivity index (χ4n) is 5.22. The van der Waals surface area contributed by atoms with Crippen molar-refractivity contribution >= 4 is 16.7 Å². The van der Waals surface area contributed by atoms with Gasteiger partial charge >= 0.3 is 0 Å². The van der Waals surface area contributed by atoms with Crippen molar-refractivity contribution in [2.45, 2.75) is 32.0 Å². The number of pyridine rings is 3. The highest BCUT2D eigenvalue weighted by Gasteiger charge is 2.37. The van der Waals surface area contributed by atoms with E-state index in [9.17, 15) is 18.8 Å². The van der Waals surface area contributed by atoms with Gasteiger partial charge in [0.25, 0.3) is 5.56 Å². The molecule has 10 heteroatoms. The molecule has 1 aliphatic heterocycles. The summed E-state index contributed by atoms with van der Waals surface area (Å²) < 4.78 is 44.0. The van der Waals surface area contributed by atoms with Crippen molar-refractivity contribution in [3.63, 3.8) is 0 Å². The number of aromatic nitrogens is 3. The SMILES string of the molecule is C[C@@H]1CN(c2cc(=O)n(C)c3ccc(C#N)nc23)[C@@H](C)CN1C(c1ccc(F)cn1)c1ccc(F)cc1F. The van der Waals surface area contributed by atoms with Gasteiger partial charge in [-0.2, -0.15) is 5.26 Å². The number of rotatable bonds is 4. The molecule has 3 aromatic heterocycles. The van der Waals surface area contributed by atoms with E-state index in [4.69, 9.17) is 0 Å². The van der Waals surface area contributed by atoms with Gasteiger partial charge in [0, 0.05) is 49.9 Å². The molecule has 0 N–H and O–H groups in total. The monoisotopic (exact) mass is 518 g/mol. The molecule has 1 aromatic carbocycles. The maximum atomic E-state index is 15.1. The minimum absolute atomic E-state index is 0.166. The Morgan fingerprint density at radius 2 is 1.76 bits per heavy atom. The van der Waals surface area contributed by atoms with Crippen molar-refractivity contribution in [1.82, 2.24) is 19.4 Å². The van der Waals surface area contributed by atoms with Gasteiger partial charge in [-0.05, 0) is 44.2 Å². The molecular formula is C28H25F3N6O. The molecule has 0 spiro atoms. The molecule has 5 rings (SSSR count). The number of nitrogens with zero attached hydrogens (tertiary/aromatic N) is 6. The summed E-state index contributed by atoms with van der Waals surface area (Å²) >= 11 is 0. The largest absolute Gasteiger partial charge is 0.364 e. The molecule has 1 saturated heterocycles. The van der Waals surface area contributed by atoms with Crippen LogP contribution in [0.2, 0.25) is 0 Å². The van der Waals surface area contributed by atoms with E-state index < -0.39 is 23.5 Å². The van der Waals surface area contributed by atoms with E-state index in [-0.39, 0.29) is 28.9 Å². The van der Waals surface area contributed by atoms with E-state index in [1.807, 2.05) is 13.8 Å². The highest BCUT2D eigenvalue weighted by atomic mass is 19.1. The third kappa shape index (κ3) is 4.50. The van der Waals surface area contributed by atoms with Crippen LogP contribution < -0.4 is 10.5 Å². The summed E-state index contributed by atoms with van der Waals surface area (Å²) in [6.45, 7) is 4.82. The van der Waals surface area contributed by atoms with E-state index in [2.05, 4.69) is 25.8 Å². The second-order valence-electron chi connectivity index (χ2n) is 9.62. The molecule has 0 amide bonds. The molecule has 0 saturated carbocycles. The number of anilines is 1. The van der Waals surface area contributed by atoms with E-state index in [0.29, 0.717) is 35.5 Å². The molecule has 4 heterocycles. The van der Waals surface area contributed by atoms with Crippen LogP contribution in [0.25, 0.3) is 11.0 Å². The molecule has 0 aliphatic carbocycles. The third-order valence-corrected chi connectivity index (χ3v) is 7.15. The summed E-state index contributed by atoms with van der Waals surface area (Å²) in [5.74, 6) is -1.92. The van der Waals surface area contributed by atoms with Gasteiger partial charge in [-0.25, -0.2) is 18.2 Å². The van der Waals surface area contributed by atoms with Crippen LogP contribution in [-0.2, 0) is 7.05 Å². The molecule has 0 radical (unpaired) electrons. The van der Waals surface area contributed by atoms with Gasteiger partial charge in [-0.1, -0.05) is 6.07 Å². The Hall–Kier alpha value is -4.23. The van der Waals surface area contributed by atoms with Crippen molar-refractivity contribution in [3.05, 3.63) is 99.5 Å². The van der Waals surface area contributed by atoms with Gasteiger partial charge in [0.1, 0.15) is 34.7 Å². The summed E-state index contributed by atoms with van der Waals surface area (Å²) in [6.07, 6.45) is 1.08. The Balaban J connectivity index is 1.57. The van der Waals surface area contributed by atoms with Crippen molar-refractivity contribution in [2.24, 2.45) is 7.05 Å². The van der Waals surface area contributed by atoms with Gasteiger partial charge in [0.15, 0.2) is 0 Å². The fraction of sp³-hybridized carbons (Fsp3) is 0.286. The molecule has 38 heavy (non-hydrogen) atoms. The predicted molar refractivity (Wildman–Crippen MR) is 137 cm³/mol. The van der Waals surface area contributed by atoms with Crippen LogP contribution in [0, 0.1) is 28.8 Å². The highest BCUT2D eigenvalue weighted by Crippen LogP contribution is 2.36. The quantitative estimate of drug-likeness (QED) is 0.401. The normalized spacial score (nSPS) is 18.9. The van der Waals surface area contributed by atoms with Gasteiger partial charge in [0.05, 0.1) is 29.1 Å². The Bertz CT molecular complexity index is 1610. The lowest BCUT2D eigenvalue weighted by Gasteiger charge is -2.48. The van der Waals surface area contributed by atoms with Gasteiger partial charge < -0.3 is 9.47 Å². The second kappa shape index (κ2) is 9.91. The first-order valence-corrected chi connectivity index (χ1v) is 12.2. The Morgan fingerprint density at radius 3 is 2.45 bits per heavy atom. The fourth-order valence-corrected chi connectivity index (χ4v) is 5.22. The Labute approximate surface area is 217 Å². The number of halogens is 3. The zero-order valence-electron chi connectivity index (χ0n) is 21.1. The second-order valence-corrected chi connectivity index (χ2v) is 9.62. The van der Waals surface area contributed by atoms with Crippen LogP contribution in [0.3, 0.4) is 0 Å². The average molecular weight is 519 g/mol. The van der Waals surface area contributed by atoms with Crippen LogP contribution >= 0.6 is 0 Å². The van der Waals surface area contributed by atoms with Crippen molar-refractivity contribution < 1.29 is 13.2 Å². The highest BCUT2D eigenvalue weighted by molar-refractivity contribution is 5.89. The van der Waals surface area contributed by atoms with Crippen molar-refractivity contribution in [3.8, 4) is 6.07 Å². The smallest absolute Gasteiger partial charge is 0.252 e. The molecule has 4 aromatic rings. The summed E-state index contributed by atoms with van der Waals surface area (Å²) in [6, 6.07) is 12.0. The van der Waals surface area contributed by atoms with E-state index >= 15 is 4.39 Å². The summed E-state index contributed by atoms with van der Waals surface area (Å²) in [5.41, 5.74) is 2.47. The third-order valence-electron chi connectivity index (χ3n) is 7.15. The predicted octanol–water partition coefficient (Wildman–Crippen LogP) is 4.31. The first-order chi connectivity index (χ1) is 18.2. The molecule has 0 bridgehead atoms. The van der Waals surface area contributed by atoms with Gasteiger partial charge in [-0.15, -0.1) is 0 Å². The number of hydrogen-bond donors (Lipinski definition) is 0. The standard InChI is InChI=1S/C28H25F3N6O/c1-16-15-37(28(23-8-5-19(30)13-33-23)21-7-4-18(29)10-22(21)31)17(2)14-36(16)25-11-26(38)35(3)24-9-6-20(12-32)34-27(24)25/h4-11,13,16-17,28H,14-15H2,1-3H3/t16-,17+,28?/m0/s1. The zero-order chi connectivity index (χ0) is 27.1. The maximum Gasteiger partial charge on any atom is 0.252 e. The van der Waals surface area contributed by atoms with Crippen LogP contribution in [0.5, 0.6) is 0 Å². The van der Waals surface area contributed by atoms with E-state index in [1.54, 1.807) is 19.2 Å². The zero-order valence-corrected chi connectivity index (χ0v) is 21.1. The molecule has 194 valence electrons. The first kappa shape index (κ1) is 25.4. The van der Waals surface area contributed by atoms with Crippen LogP contribution in [-0.4, -0.2) is 44.6 Å². The topological polar surface area (TPSA) is 78.0 Å². The van der Waals surface area contributed by atoms with Crippen LogP contribution in [0.15, 0.2) is 59.5 Å². The summed E-state index contributed by atoms with van der Waals surface area (Å²) in [7, 11) is 1.66. The number of benzene rings is 1. The number of aryl methyl sites for hydroxylation is 1. The van der Waals surface area contributed by atoms with Crippen molar-refractivity contribution in [1.29, 1.82) is 5.26 Å². The first-order valence-electron chi connectivity index (χ1n) is 12.2. The van der Waals surface area contributed by atoms with Crippen molar-refractivity contribution in [2.75, 3.05) is 18.0 Å². The van der Waals surface area contributed by atoms with Gasteiger partial charge in [0.2, 0.25) is 0 Å². The average Bonchev–Trinajstić information content (AvgIpc) is 2.90. The number of fused-ring (bicyclic) bond motifs is 1. The number of piperazine rings is 1. The Morgan fingerprint density at radius 1 is 1.00 bits per heavy atom. The lowest BCUT2D eigenvalue weighted by atomic mass is 9.95. The Kier molecular flexibility index (Phi) is 6.63. The number of hydrogen-bond acceptors (Lipinski definition) is 6. The lowest BCUT2D eigenvalue weighted by molar-refractivity contribution is 0.125. The maximum absolute atomic E-state index is 15.1. The summed E-state index contributed by atoms with van der Waals surface area (Å²) in [5, 5.41) is 9.40. The van der Waals surface area contributed by atoms with Crippen LogP contribution in [0.4, 0.5) is 18.9 Å². The van der Waals surface area contributed by atoms with Gasteiger partial charge in [-0.3, -0.25) is 14.7 Å². The number of nitriles is 1. The molecule has 3 atom stereocenters. The molecule has 1 unspecified atom stereocenters. The summed E-state index contributed by atoms with van der Waals surface area (Å²) in [4.78, 5) is 25.6.